The van der Waals surface area contributed by atoms with Gasteiger partial charge in [0.25, 0.3) is 0 Å². The quantitative estimate of drug-likeness (QED) is 0.475. The van der Waals surface area contributed by atoms with Gasteiger partial charge in [0.15, 0.2) is 9.84 Å². The second-order valence-corrected chi connectivity index (χ2v) is 8.99. The summed E-state index contributed by atoms with van der Waals surface area (Å²) in [6.45, 7) is 0. The Morgan fingerprint density at radius 3 is 2.68 bits per heavy atom. The molecule has 5 nitrogen and oxygen atoms in total. The van der Waals surface area contributed by atoms with E-state index in [1.807, 2.05) is 35.7 Å². The second-order valence-electron chi connectivity index (χ2n) is 5.23. The molecule has 0 aliphatic carbocycles. The second kappa shape index (κ2) is 7.47. The summed E-state index contributed by atoms with van der Waals surface area (Å²) in [6.07, 6.45) is 2.65. The molecule has 0 bridgehead atoms. The van der Waals surface area contributed by atoms with E-state index in [1.54, 1.807) is 18.2 Å². The highest BCUT2D eigenvalue weighted by Gasteiger charge is 2.12. The van der Waals surface area contributed by atoms with Gasteiger partial charge >= 0.3 is 0 Å². The first-order chi connectivity index (χ1) is 11.9. The summed E-state index contributed by atoms with van der Waals surface area (Å²) in [5.41, 5.74) is 5.25. The molecule has 0 aliphatic rings. The van der Waals surface area contributed by atoms with E-state index < -0.39 is 9.84 Å². The van der Waals surface area contributed by atoms with Crippen molar-refractivity contribution in [3.05, 3.63) is 63.9 Å². The van der Waals surface area contributed by atoms with Crippen LogP contribution in [-0.2, 0) is 9.84 Å². The maximum atomic E-state index is 11.9. The summed E-state index contributed by atoms with van der Waals surface area (Å²) >= 11 is 4.72. The first kappa shape index (κ1) is 17.8. The highest BCUT2D eigenvalue weighted by molar-refractivity contribution is 9.10. The van der Waals surface area contributed by atoms with Crippen LogP contribution in [0.5, 0.6) is 0 Å². The van der Waals surface area contributed by atoms with Crippen LogP contribution in [0.3, 0.4) is 0 Å². The summed E-state index contributed by atoms with van der Waals surface area (Å²) in [5.74, 6) is 0. The Morgan fingerprint density at radius 1 is 1.20 bits per heavy atom. The fraction of sp³-hybridized carbons (Fsp3) is 0.0588. The maximum Gasteiger partial charge on any atom is 0.203 e. The summed E-state index contributed by atoms with van der Waals surface area (Å²) in [4.78, 5) is 4.68. The zero-order valence-electron chi connectivity index (χ0n) is 13.2. The Kier molecular flexibility index (Phi) is 5.31. The third kappa shape index (κ3) is 4.53. The fourth-order valence-corrected chi connectivity index (χ4v) is 4.23. The SMILES string of the molecule is CS(=O)(=O)c1cc(Br)ccc1C=NNc1nc(-c2ccccc2)cs1. The molecule has 0 radical (unpaired) electrons. The fourth-order valence-electron chi connectivity index (χ4n) is 2.16. The van der Waals surface area contributed by atoms with Crippen LogP contribution < -0.4 is 5.43 Å². The number of hydrogen-bond acceptors (Lipinski definition) is 6. The molecule has 3 aromatic rings. The molecular formula is C17H14BrN3O2S2. The summed E-state index contributed by atoms with van der Waals surface area (Å²) in [5, 5.41) is 6.69. The van der Waals surface area contributed by atoms with E-state index in [0.29, 0.717) is 15.2 Å². The number of thiazole rings is 1. The number of nitrogens with one attached hydrogen (secondary N) is 1. The van der Waals surface area contributed by atoms with Crippen molar-refractivity contribution in [2.45, 2.75) is 4.90 Å². The van der Waals surface area contributed by atoms with Crippen molar-refractivity contribution in [1.82, 2.24) is 4.98 Å². The predicted molar refractivity (Wildman–Crippen MR) is 106 cm³/mol. The van der Waals surface area contributed by atoms with Crippen LogP contribution >= 0.6 is 27.3 Å². The normalized spacial score (nSPS) is 11.8. The van der Waals surface area contributed by atoms with Gasteiger partial charge in [0.2, 0.25) is 5.13 Å². The van der Waals surface area contributed by atoms with Crippen molar-refractivity contribution in [2.24, 2.45) is 5.10 Å². The lowest BCUT2D eigenvalue weighted by molar-refractivity contribution is 0.601. The van der Waals surface area contributed by atoms with Crippen molar-refractivity contribution in [1.29, 1.82) is 0 Å². The highest BCUT2D eigenvalue weighted by atomic mass is 79.9. The number of hydrogen-bond donors (Lipinski definition) is 1. The van der Waals surface area contributed by atoms with E-state index >= 15 is 0 Å². The van der Waals surface area contributed by atoms with Gasteiger partial charge < -0.3 is 0 Å². The monoisotopic (exact) mass is 435 g/mol. The third-order valence-corrected chi connectivity index (χ3v) is 5.71. The molecule has 2 aromatic carbocycles. The molecule has 25 heavy (non-hydrogen) atoms. The van der Waals surface area contributed by atoms with Crippen molar-refractivity contribution in [3.63, 3.8) is 0 Å². The van der Waals surface area contributed by atoms with Crippen molar-refractivity contribution < 1.29 is 8.42 Å². The summed E-state index contributed by atoms with van der Waals surface area (Å²) in [7, 11) is -3.34. The van der Waals surface area contributed by atoms with Crippen molar-refractivity contribution in [3.8, 4) is 11.3 Å². The van der Waals surface area contributed by atoms with Crippen molar-refractivity contribution in [2.75, 3.05) is 11.7 Å². The van der Waals surface area contributed by atoms with Crippen molar-refractivity contribution >= 4 is 48.5 Å². The first-order valence-corrected chi connectivity index (χ1v) is 10.8. The van der Waals surface area contributed by atoms with Crippen LogP contribution in [0.25, 0.3) is 11.3 Å². The van der Waals surface area contributed by atoms with E-state index in [1.165, 1.54) is 23.8 Å². The van der Waals surface area contributed by atoms with E-state index in [4.69, 9.17) is 0 Å². The summed E-state index contributed by atoms with van der Waals surface area (Å²) < 4.78 is 24.5. The number of rotatable bonds is 5. The van der Waals surface area contributed by atoms with E-state index in [-0.39, 0.29) is 4.90 Å². The number of sulfone groups is 1. The lowest BCUT2D eigenvalue weighted by Crippen LogP contribution is -2.02. The molecule has 0 unspecified atom stereocenters. The van der Waals surface area contributed by atoms with Crippen LogP contribution in [-0.4, -0.2) is 25.9 Å². The van der Waals surface area contributed by atoms with Gasteiger partial charge in [-0.25, -0.2) is 13.4 Å². The molecule has 0 amide bonds. The molecular weight excluding hydrogens is 422 g/mol. The van der Waals surface area contributed by atoms with Crippen LogP contribution in [0.15, 0.2) is 68.4 Å². The average Bonchev–Trinajstić information content (AvgIpc) is 3.05. The molecule has 0 saturated heterocycles. The number of benzene rings is 2. The Morgan fingerprint density at radius 2 is 1.96 bits per heavy atom. The maximum absolute atomic E-state index is 11.9. The topological polar surface area (TPSA) is 71.4 Å². The Hall–Kier alpha value is -2.03. The number of hydrazone groups is 1. The molecule has 1 aromatic heterocycles. The van der Waals surface area contributed by atoms with E-state index in [0.717, 1.165) is 11.3 Å². The first-order valence-electron chi connectivity index (χ1n) is 7.23. The Bertz CT molecular complexity index is 1020. The zero-order chi connectivity index (χ0) is 17.9. The van der Waals surface area contributed by atoms with Gasteiger partial charge in [0.1, 0.15) is 0 Å². The van der Waals surface area contributed by atoms with Gasteiger partial charge in [-0.1, -0.05) is 52.3 Å². The third-order valence-electron chi connectivity index (χ3n) is 3.31. The Labute approximate surface area is 158 Å². The lowest BCUT2D eigenvalue weighted by atomic mass is 10.2. The number of anilines is 1. The number of aromatic nitrogens is 1. The minimum atomic E-state index is -3.34. The van der Waals surface area contributed by atoms with Gasteiger partial charge in [-0.05, 0) is 12.1 Å². The lowest BCUT2D eigenvalue weighted by Gasteiger charge is -2.04. The molecule has 1 N–H and O–H groups in total. The molecule has 1 heterocycles. The largest absolute Gasteiger partial charge is 0.253 e. The number of nitrogens with zero attached hydrogens (tertiary/aromatic N) is 2. The minimum Gasteiger partial charge on any atom is -0.253 e. The molecule has 0 atom stereocenters. The van der Waals surface area contributed by atoms with Gasteiger partial charge in [-0.2, -0.15) is 5.10 Å². The number of halogens is 1. The molecule has 0 aliphatic heterocycles. The molecule has 0 fully saturated rings. The molecule has 8 heteroatoms. The predicted octanol–water partition coefficient (Wildman–Crippen LogP) is 4.42. The van der Waals surface area contributed by atoms with Gasteiger partial charge in [0.05, 0.1) is 16.8 Å². The Balaban J connectivity index is 1.78. The summed E-state index contributed by atoms with van der Waals surface area (Å²) in [6, 6.07) is 14.9. The van der Waals surface area contributed by atoms with Crippen LogP contribution in [0, 0.1) is 0 Å². The van der Waals surface area contributed by atoms with E-state index in [9.17, 15) is 8.42 Å². The van der Waals surface area contributed by atoms with E-state index in [2.05, 4.69) is 31.4 Å². The smallest absolute Gasteiger partial charge is 0.203 e. The van der Waals surface area contributed by atoms with Crippen LogP contribution in [0.4, 0.5) is 5.13 Å². The van der Waals surface area contributed by atoms with Gasteiger partial charge in [-0.3, -0.25) is 5.43 Å². The zero-order valence-corrected chi connectivity index (χ0v) is 16.4. The highest BCUT2D eigenvalue weighted by Crippen LogP contribution is 2.25. The van der Waals surface area contributed by atoms with Crippen LogP contribution in [0.1, 0.15) is 5.56 Å². The molecule has 0 saturated carbocycles. The van der Waals surface area contributed by atoms with Gasteiger partial charge in [0, 0.05) is 27.2 Å². The minimum absolute atomic E-state index is 0.219. The average molecular weight is 436 g/mol. The molecule has 0 spiro atoms. The molecule has 3 rings (SSSR count). The molecule has 128 valence electrons. The van der Waals surface area contributed by atoms with Gasteiger partial charge in [-0.15, -0.1) is 11.3 Å². The van der Waals surface area contributed by atoms with Crippen LogP contribution in [0.2, 0.25) is 0 Å². The standard InChI is InChI=1S/C17H14BrN3O2S2/c1-25(22,23)16-9-14(18)8-7-13(16)10-19-21-17-20-15(11-24-17)12-5-3-2-4-6-12/h2-11H,1H3,(H,20,21).